The molecule has 126 valence electrons. The Kier molecular flexibility index (Phi) is 4.43. The van der Waals surface area contributed by atoms with Gasteiger partial charge in [-0.25, -0.2) is 0 Å². The Hall–Kier alpha value is -2.73. The molecule has 2 aromatic heterocycles. The first-order valence-electron chi connectivity index (χ1n) is 8.25. The summed E-state index contributed by atoms with van der Waals surface area (Å²) in [4.78, 5) is 15.3. The topological polar surface area (TPSA) is 58.1 Å². The van der Waals surface area contributed by atoms with Crippen LogP contribution < -0.4 is 10.2 Å². The molecule has 4 rings (SSSR count). The van der Waals surface area contributed by atoms with Crippen LogP contribution in [0.25, 0.3) is 0 Å². The van der Waals surface area contributed by atoms with Crippen molar-refractivity contribution >= 4 is 28.9 Å². The van der Waals surface area contributed by atoms with Gasteiger partial charge in [-0.05, 0) is 41.1 Å². The maximum Gasteiger partial charge on any atom is 0.230 e. The van der Waals surface area contributed by atoms with Gasteiger partial charge in [0.15, 0.2) is 11.6 Å². The van der Waals surface area contributed by atoms with Crippen LogP contribution in [0.4, 0.5) is 11.6 Å². The van der Waals surface area contributed by atoms with E-state index in [9.17, 15) is 4.79 Å². The fourth-order valence-corrected chi connectivity index (χ4v) is 3.71. The minimum atomic E-state index is -0.0728. The van der Waals surface area contributed by atoms with Crippen LogP contribution in [-0.2, 0) is 24.2 Å². The number of hydrogen-bond donors (Lipinski definition) is 1. The van der Waals surface area contributed by atoms with E-state index in [1.165, 1.54) is 11.1 Å². The van der Waals surface area contributed by atoms with Crippen LogP contribution in [0.5, 0.6) is 0 Å². The number of rotatable bonds is 4. The van der Waals surface area contributed by atoms with Gasteiger partial charge in [-0.2, -0.15) is 0 Å². The number of thiophene rings is 1. The zero-order chi connectivity index (χ0) is 17.1. The van der Waals surface area contributed by atoms with E-state index in [4.69, 9.17) is 0 Å². The lowest BCUT2D eigenvalue weighted by atomic mass is 10.00. The van der Waals surface area contributed by atoms with Gasteiger partial charge in [0.1, 0.15) is 0 Å². The lowest BCUT2D eigenvalue weighted by Crippen LogP contribution is -2.31. The van der Waals surface area contributed by atoms with E-state index in [0.29, 0.717) is 12.2 Å². The lowest BCUT2D eigenvalue weighted by molar-refractivity contribution is -0.115. The van der Waals surface area contributed by atoms with Crippen LogP contribution in [0.3, 0.4) is 0 Å². The number of nitrogens with zero attached hydrogens (tertiary/aromatic N) is 3. The highest BCUT2D eigenvalue weighted by Gasteiger charge is 2.17. The Morgan fingerprint density at radius 3 is 2.72 bits per heavy atom. The molecule has 0 fully saturated rings. The van der Waals surface area contributed by atoms with E-state index in [1.54, 1.807) is 11.3 Å². The van der Waals surface area contributed by atoms with Gasteiger partial charge in [-0.15, -0.1) is 21.5 Å². The second kappa shape index (κ2) is 7.03. The van der Waals surface area contributed by atoms with Crippen LogP contribution in [0.15, 0.2) is 53.9 Å². The van der Waals surface area contributed by atoms with Gasteiger partial charge in [-0.3, -0.25) is 4.79 Å². The van der Waals surface area contributed by atoms with Gasteiger partial charge in [0.25, 0.3) is 0 Å². The molecule has 6 heteroatoms. The minimum absolute atomic E-state index is 0.0728. The molecule has 5 nitrogen and oxygen atoms in total. The minimum Gasteiger partial charge on any atom is -0.350 e. The van der Waals surface area contributed by atoms with Gasteiger partial charge in [0, 0.05) is 18.0 Å². The fourth-order valence-electron chi connectivity index (χ4n) is 3.01. The van der Waals surface area contributed by atoms with Crippen molar-refractivity contribution < 1.29 is 4.79 Å². The van der Waals surface area contributed by atoms with Gasteiger partial charge in [-0.1, -0.05) is 30.3 Å². The molecule has 0 aliphatic carbocycles. The summed E-state index contributed by atoms with van der Waals surface area (Å²) >= 11 is 1.57. The van der Waals surface area contributed by atoms with E-state index in [1.807, 2.05) is 29.6 Å². The van der Waals surface area contributed by atoms with Gasteiger partial charge >= 0.3 is 0 Å². The molecule has 1 aromatic carbocycles. The molecule has 0 unspecified atom stereocenters. The summed E-state index contributed by atoms with van der Waals surface area (Å²) in [5.41, 5.74) is 2.74. The third-order valence-corrected chi connectivity index (χ3v) is 5.16. The Morgan fingerprint density at radius 1 is 1.08 bits per heavy atom. The number of nitrogens with one attached hydrogen (secondary N) is 1. The third-order valence-electron chi connectivity index (χ3n) is 4.29. The quantitative estimate of drug-likeness (QED) is 0.784. The number of aromatic nitrogens is 2. The first-order valence-corrected chi connectivity index (χ1v) is 9.13. The summed E-state index contributed by atoms with van der Waals surface area (Å²) in [5.74, 6) is 1.25. The Morgan fingerprint density at radius 2 is 1.96 bits per heavy atom. The summed E-state index contributed by atoms with van der Waals surface area (Å²) in [6.07, 6.45) is 1.38. The van der Waals surface area contributed by atoms with Crippen molar-refractivity contribution in [3.8, 4) is 0 Å². The highest BCUT2D eigenvalue weighted by Crippen LogP contribution is 2.23. The van der Waals surface area contributed by atoms with Crippen LogP contribution in [0.2, 0.25) is 0 Å². The molecule has 1 aliphatic heterocycles. The molecule has 1 aliphatic rings. The molecule has 0 saturated carbocycles. The van der Waals surface area contributed by atoms with Crippen molar-refractivity contribution in [1.29, 1.82) is 0 Å². The van der Waals surface area contributed by atoms with Gasteiger partial charge in [0.2, 0.25) is 5.91 Å². The van der Waals surface area contributed by atoms with Crippen molar-refractivity contribution in [1.82, 2.24) is 10.2 Å². The molecule has 1 N–H and O–H groups in total. The Balaban J connectivity index is 1.40. The van der Waals surface area contributed by atoms with E-state index in [-0.39, 0.29) is 5.91 Å². The van der Waals surface area contributed by atoms with E-state index in [0.717, 1.165) is 30.2 Å². The predicted octanol–water partition coefficient (Wildman–Crippen LogP) is 3.28. The Bertz CT molecular complexity index is 861. The zero-order valence-corrected chi connectivity index (χ0v) is 14.5. The average molecular weight is 350 g/mol. The van der Waals surface area contributed by atoms with Crippen molar-refractivity contribution in [2.24, 2.45) is 0 Å². The standard InChI is InChI=1S/C19H18N4OS/c24-19(12-16-6-3-11-25-16)20-17-7-8-18(22-21-17)23-10-9-14-4-1-2-5-15(14)13-23/h1-8,11H,9-10,12-13H2,(H,20,21,24). The van der Waals surface area contributed by atoms with Crippen LogP contribution >= 0.6 is 11.3 Å². The van der Waals surface area contributed by atoms with Crippen LogP contribution in [0.1, 0.15) is 16.0 Å². The van der Waals surface area contributed by atoms with E-state index in [2.05, 4.69) is 44.7 Å². The van der Waals surface area contributed by atoms with Crippen LogP contribution in [0, 0.1) is 0 Å². The molecule has 0 radical (unpaired) electrons. The molecule has 0 atom stereocenters. The molecule has 1 amide bonds. The monoisotopic (exact) mass is 350 g/mol. The number of hydrogen-bond acceptors (Lipinski definition) is 5. The van der Waals surface area contributed by atoms with Gasteiger partial charge in [0.05, 0.1) is 6.42 Å². The number of benzene rings is 1. The molecule has 3 heterocycles. The van der Waals surface area contributed by atoms with E-state index >= 15 is 0 Å². The van der Waals surface area contributed by atoms with E-state index < -0.39 is 0 Å². The molecule has 0 bridgehead atoms. The molecular formula is C19H18N4OS. The zero-order valence-electron chi connectivity index (χ0n) is 13.7. The number of amides is 1. The number of carbonyl (C=O) groups is 1. The highest BCUT2D eigenvalue weighted by molar-refractivity contribution is 7.10. The van der Waals surface area contributed by atoms with Crippen molar-refractivity contribution in [2.45, 2.75) is 19.4 Å². The first kappa shape index (κ1) is 15.8. The van der Waals surface area contributed by atoms with Crippen molar-refractivity contribution in [3.63, 3.8) is 0 Å². The largest absolute Gasteiger partial charge is 0.350 e. The second-order valence-corrected chi connectivity index (χ2v) is 7.05. The average Bonchev–Trinajstić information content (AvgIpc) is 3.15. The number of anilines is 2. The number of fused-ring (bicyclic) bond motifs is 1. The summed E-state index contributed by atoms with van der Waals surface area (Å²) in [5, 5.41) is 13.2. The lowest BCUT2D eigenvalue weighted by Gasteiger charge is -2.29. The fraction of sp³-hybridized carbons (Fsp3) is 0.211. The Labute approximate surface area is 150 Å². The van der Waals surface area contributed by atoms with Crippen molar-refractivity contribution in [2.75, 3.05) is 16.8 Å². The summed E-state index contributed by atoms with van der Waals surface area (Å²) in [7, 11) is 0. The number of carbonyl (C=O) groups excluding carboxylic acids is 1. The van der Waals surface area contributed by atoms with Gasteiger partial charge < -0.3 is 10.2 Å². The molecule has 0 saturated heterocycles. The molecule has 0 spiro atoms. The van der Waals surface area contributed by atoms with Crippen LogP contribution in [-0.4, -0.2) is 22.6 Å². The predicted molar refractivity (Wildman–Crippen MR) is 99.9 cm³/mol. The molecule has 25 heavy (non-hydrogen) atoms. The summed E-state index contributed by atoms with van der Waals surface area (Å²) in [6.45, 7) is 1.77. The SMILES string of the molecule is O=C(Cc1cccs1)Nc1ccc(N2CCc3ccccc3C2)nn1. The summed E-state index contributed by atoms with van der Waals surface area (Å²) < 4.78 is 0. The third kappa shape index (κ3) is 3.69. The first-order chi connectivity index (χ1) is 12.3. The molecule has 3 aromatic rings. The highest BCUT2D eigenvalue weighted by atomic mass is 32.1. The summed E-state index contributed by atoms with van der Waals surface area (Å²) in [6, 6.07) is 16.1. The maximum absolute atomic E-state index is 12.0. The normalized spacial score (nSPS) is 13.4. The maximum atomic E-state index is 12.0. The van der Waals surface area contributed by atoms with Crippen molar-refractivity contribution in [3.05, 3.63) is 69.9 Å². The second-order valence-electron chi connectivity index (χ2n) is 6.02. The smallest absolute Gasteiger partial charge is 0.230 e. The molecular weight excluding hydrogens is 332 g/mol.